The van der Waals surface area contributed by atoms with Crippen molar-refractivity contribution in [3.05, 3.63) is 29.8 Å². The molecule has 0 aromatic carbocycles. The van der Waals surface area contributed by atoms with Crippen LogP contribution in [0.1, 0.15) is 36.2 Å². The molecule has 0 spiro atoms. The summed E-state index contributed by atoms with van der Waals surface area (Å²) in [6.45, 7) is 0. The quantitative estimate of drug-likeness (QED) is 0.774. The number of alkyl halides is 1. The Morgan fingerprint density at radius 2 is 2.17 bits per heavy atom. The molecular formula is C13H16ClFN2O. The Morgan fingerprint density at radius 1 is 1.44 bits per heavy atom. The van der Waals surface area contributed by atoms with Gasteiger partial charge in [-0.2, -0.15) is 0 Å². The van der Waals surface area contributed by atoms with Crippen LogP contribution in [0.2, 0.25) is 0 Å². The van der Waals surface area contributed by atoms with Gasteiger partial charge in [0.15, 0.2) is 0 Å². The van der Waals surface area contributed by atoms with Gasteiger partial charge in [0, 0.05) is 13.1 Å². The number of pyridine rings is 1. The maximum absolute atomic E-state index is 12.8. The lowest BCUT2D eigenvalue weighted by molar-refractivity contribution is 0.0694. The molecular weight excluding hydrogens is 255 g/mol. The molecule has 3 nitrogen and oxygen atoms in total. The van der Waals surface area contributed by atoms with E-state index in [0.29, 0.717) is 0 Å². The number of hydrogen-bond acceptors (Lipinski definition) is 2. The van der Waals surface area contributed by atoms with Crippen LogP contribution in [0.25, 0.3) is 0 Å². The normalized spacial score (nSPS) is 23.7. The van der Waals surface area contributed by atoms with E-state index < -0.39 is 5.82 Å². The van der Waals surface area contributed by atoms with Crippen LogP contribution in [0, 0.1) is 5.82 Å². The minimum Gasteiger partial charge on any atom is -0.336 e. The van der Waals surface area contributed by atoms with E-state index in [1.807, 2.05) is 0 Å². The largest absolute Gasteiger partial charge is 0.336 e. The van der Waals surface area contributed by atoms with Crippen LogP contribution < -0.4 is 0 Å². The highest BCUT2D eigenvalue weighted by Gasteiger charge is 2.30. The monoisotopic (exact) mass is 270 g/mol. The van der Waals surface area contributed by atoms with Crippen LogP contribution in [0.3, 0.4) is 0 Å². The SMILES string of the molecule is CN(C(=O)c1ccc(F)cn1)C1CCCCC1Cl. The predicted octanol–water partition coefficient (Wildman–Crippen LogP) is 2.84. The van der Waals surface area contributed by atoms with Crippen LogP contribution in [0.15, 0.2) is 18.3 Å². The van der Waals surface area contributed by atoms with Crippen LogP contribution in [-0.2, 0) is 0 Å². The van der Waals surface area contributed by atoms with E-state index in [1.54, 1.807) is 11.9 Å². The van der Waals surface area contributed by atoms with Gasteiger partial charge >= 0.3 is 0 Å². The molecule has 0 aliphatic heterocycles. The van der Waals surface area contributed by atoms with Gasteiger partial charge in [-0.1, -0.05) is 12.8 Å². The molecule has 1 saturated carbocycles. The van der Waals surface area contributed by atoms with Crippen molar-refractivity contribution in [2.24, 2.45) is 0 Å². The first kappa shape index (κ1) is 13.3. The molecule has 18 heavy (non-hydrogen) atoms. The minimum absolute atomic E-state index is 0.00634. The van der Waals surface area contributed by atoms with Crippen molar-refractivity contribution in [2.75, 3.05) is 7.05 Å². The fourth-order valence-electron chi connectivity index (χ4n) is 2.34. The maximum Gasteiger partial charge on any atom is 0.272 e. The molecule has 1 aliphatic carbocycles. The fraction of sp³-hybridized carbons (Fsp3) is 0.538. The zero-order valence-electron chi connectivity index (χ0n) is 10.3. The van der Waals surface area contributed by atoms with Crippen LogP contribution in [0.5, 0.6) is 0 Å². The average Bonchev–Trinajstić information content (AvgIpc) is 2.38. The van der Waals surface area contributed by atoms with Gasteiger partial charge in [-0.05, 0) is 25.0 Å². The molecule has 1 heterocycles. The molecule has 1 amide bonds. The van der Waals surface area contributed by atoms with Crippen molar-refractivity contribution in [1.29, 1.82) is 0 Å². The van der Waals surface area contributed by atoms with E-state index in [0.717, 1.165) is 31.9 Å². The first-order valence-electron chi connectivity index (χ1n) is 6.12. The highest BCUT2D eigenvalue weighted by molar-refractivity contribution is 6.21. The summed E-state index contributed by atoms with van der Waals surface area (Å²) in [5, 5.41) is -0.00634. The number of halogens is 2. The topological polar surface area (TPSA) is 33.2 Å². The average molecular weight is 271 g/mol. The third-order valence-electron chi connectivity index (χ3n) is 3.41. The summed E-state index contributed by atoms with van der Waals surface area (Å²) < 4.78 is 12.8. The molecule has 0 bridgehead atoms. The van der Waals surface area contributed by atoms with Gasteiger partial charge in [0.2, 0.25) is 0 Å². The molecule has 2 rings (SSSR count). The van der Waals surface area contributed by atoms with E-state index in [4.69, 9.17) is 11.6 Å². The van der Waals surface area contributed by atoms with Crippen molar-refractivity contribution in [1.82, 2.24) is 9.88 Å². The van der Waals surface area contributed by atoms with Crippen LogP contribution in [-0.4, -0.2) is 34.3 Å². The standard InChI is InChI=1S/C13H16ClFN2O/c1-17(12-5-3-2-4-10(12)14)13(18)11-7-6-9(15)8-16-11/h6-8,10,12H,2-5H2,1H3. The number of nitrogens with zero attached hydrogens (tertiary/aromatic N) is 2. The molecule has 0 N–H and O–H groups in total. The molecule has 5 heteroatoms. The summed E-state index contributed by atoms with van der Waals surface area (Å²) in [7, 11) is 1.73. The molecule has 1 aliphatic rings. The van der Waals surface area contributed by atoms with E-state index in [1.165, 1.54) is 12.1 Å². The molecule has 98 valence electrons. The van der Waals surface area contributed by atoms with Gasteiger partial charge in [-0.15, -0.1) is 11.6 Å². The van der Waals surface area contributed by atoms with E-state index in [2.05, 4.69) is 4.98 Å². The predicted molar refractivity (Wildman–Crippen MR) is 68.2 cm³/mol. The first-order valence-corrected chi connectivity index (χ1v) is 6.56. The zero-order valence-corrected chi connectivity index (χ0v) is 11.0. The second-order valence-electron chi connectivity index (χ2n) is 4.65. The van der Waals surface area contributed by atoms with Crippen molar-refractivity contribution in [3.63, 3.8) is 0 Å². The highest BCUT2D eigenvalue weighted by Crippen LogP contribution is 2.27. The second kappa shape index (κ2) is 5.65. The van der Waals surface area contributed by atoms with Crippen molar-refractivity contribution < 1.29 is 9.18 Å². The molecule has 1 aromatic heterocycles. The number of carbonyl (C=O) groups excluding carboxylic acids is 1. The summed E-state index contributed by atoms with van der Waals surface area (Å²) in [6.07, 6.45) is 5.10. The Hall–Kier alpha value is -1.16. The minimum atomic E-state index is -0.443. The summed E-state index contributed by atoms with van der Waals surface area (Å²) in [5.41, 5.74) is 0.258. The summed E-state index contributed by atoms with van der Waals surface area (Å²) in [5.74, 6) is -0.644. The first-order chi connectivity index (χ1) is 8.59. The summed E-state index contributed by atoms with van der Waals surface area (Å²) >= 11 is 6.26. The lowest BCUT2D eigenvalue weighted by Gasteiger charge is -2.34. The number of rotatable bonds is 2. The Labute approximate surface area is 111 Å². The van der Waals surface area contributed by atoms with Crippen molar-refractivity contribution >= 4 is 17.5 Å². The van der Waals surface area contributed by atoms with Gasteiger partial charge in [-0.3, -0.25) is 4.79 Å². The third kappa shape index (κ3) is 2.80. The fourth-order valence-corrected chi connectivity index (χ4v) is 2.79. The molecule has 1 fully saturated rings. The molecule has 2 atom stereocenters. The smallest absolute Gasteiger partial charge is 0.272 e. The zero-order chi connectivity index (χ0) is 13.1. The van der Waals surface area contributed by atoms with E-state index in [9.17, 15) is 9.18 Å². The third-order valence-corrected chi connectivity index (χ3v) is 3.92. The Kier molecular flexibility index (Phi) is 4.17. The molecule has 1 aromatic rings. The maximum atomic E-state index is 12.8. The van der Waals surface area contributed by atoms with Gasteiger partial charge < -0.3 is 4.90 Å². The number of amides is 1. The lowest BCUT2D eigenvalue weighted by atomic mass is 9.93. The lowest BCUT2D eigenvalue weighted by Crippen LogP contribution is -2.44. The summed E-state index contributed by atoms with van der Waals surface area (Å²) in [6, 6.07) is 2.69. The van der Waals surface area contributed by atoms with Crippen molar-refractivity contribution in [3.8, 4) is 0 Å². The molecule has 0 radical (unpaired) electrons. The van der Waals surface area contributed by atoms with Crippen molar-refractivity contribution in [2.45, 2.75) is 37.1 Å². The van der Waals surface area contributed by atoms with Gasteiger partial charge in [-0.25, -0.2) is 9.37 Å². The van der Waals surface area contributed by atoms with E-state index in [-0.39, 0.29) is 23.0 Å². The second-order valence-corrected chi connectivity index (χ2v) is 5.21. The Balaban J connectivity index is 2.10. The molecule has 2 unspecified atom stereocenters. The van der Waals surface area contributed by atoms with Gasteiger partial charge in [0.1, 0.15) is 11.5 Å². The van der Waals surface area contributed by atoms with Crippen LogP contribution >= 0.6 is 11.6 Å². The van der Waals surface area contributed by atoms with E-state index >= 15 is 0 Å². The summed E-state index contributed by atoms with van der Waals surface area (Å²) in [4.78, 5) is 17.6. The Morgan fingerprint density at radius 3 is 2.78 bits per heavy atom. The number of carbonyl (C=O) groups is 1. The van der Waals surface area contributed by atoms with Gasteiger partial charge in [0.05, 0.1) is 11.6 Å². The van der Waals surface area contributed by atoms with Gasteiger partial charge in [0.25, 0.3) is 5.91 Å². The Bertz CT molecular complexity index is 424. The number of aromatic nitrogens is 1. The highest BCUT2D eigenvalue weighted by atomic mass is 35.5. The number of hydrogen-bond donors (Lipinski definition) is 0. The van der Waals surface area contributed by atoms with Crippen LogP contribution in [0.4, 0.5) is 4.39 Å². The molecule has 0 saturated heterocycles.